The van der Waals surface area contributed by atoms with Crippen molar-refractivity contribution in [3.8, 4) is 11.1 Å². The van der Waals surface area contributed by atoms with E-state index in [-0.39, 0.29) is 11.9 Å². The van der Waals surface area contributed by atoms with Crippen LogP contribution < -0.4 is 5.32 Å². The molecule has 0 unspecified atom stereocenters. The van der Waals surface area contributed by atoms with Crippen molar-refractivity contribution in [1.29, 1.82) is 0 Å². The molecule has 0 aromatic heterocycles. The molecule has 0 aliphatic carbocycles. The molecule has 0 fully saturated rings. The Hall–Kier alpha value is -2.91. The number of carbonyl (C=O) groups is 1. The topological polar surface area (TPSA) is 32.3 Å². The lowest BCUT2D eigenvalue weighted by Crippen LogP contribution is -2.35. The number of benzene rings is 3. The summed E-state index contributed by atoms with van der Waals surface area (Å²) in [5.41, 5.74) is 5.82. The molecular weight excluding hydrogens is 344 g/mol. The van der Waals surface area contributed by atoms with Gasteiger partial charge in [-0.05, 0) is 43.3 Å². The standard InChI is InChI=1S/C25H28N2O/c1-19-9-13-23(14-10-19)24(27(2)3)18-26-25(28)17-20-11-15-22(16-12-20)21-7-5-4-6-8-21/h4-16,24H,17-18H2,1-3H3,(H,26,28)/t24-/m0/s1. The van der Waals surface area contributed by atoms with Crippen LogP contribution in [0.2, 0.25) is 0 Å². The maximum atomic E-state index is 12.5. The molecule has 0 aliphatic rings. The van der Waals surface area contributed by atoms with Crippen LogP contribution in [0.15, 0.2) is 78.9 Å². The van der Waals surface area contributed by atoms with Crippen LogP contribution in [0.4, 0.5) is 0 Å². The summed E-state index contributed by atoms with van der Waals surface area (Å²) in [5, 5.41) is 3.09. The molecule has 0 aliphatic heterocycles. The van der Waals surface area contributed by atoms with E-state index in [9.17, 15) is 4.79 Å². The maximum Gasteiger partial charge on any atom is 0.224 e. The van der Waals surface area contributed by atoms with E-state index in [0.29, 0.717) is 13.0 Å². The monoisotopic (exact) mass is 372 g/mol. The summed E-state index contributed by atoms with van der Waals surface area (Å²) in [6, 6.07) is 27.1. The molecule has 0 radical (unpaired) electrons. The zero-order chi connectivity index (χ0) is 19.9. The number of aryl methyl sites for hydroxylation is 1. The Labute approximate surface area is 168 Å². The van der Waals surface area contributed by atoms with Gasteiger partial charge in [-0.25, -0.2) is 0 Å². The van der Waals surface area contributed by atoms with Crippen molar-refractivity contribution in [2.75, 3.05) is 20.6 Å². The van der Waals surface area contributed by atoms with Gasteiger partial charge in [-0.15, -0.1) is 0 Å². The molecule has 0 saturated carbocycles. The van der Waals surface area contributed by atoms with Gasteiger partial charge in [-0.2, -0.15) is 0 Å². The summed E-state index contributed by atoms with van der Waals surface area (Å²) < 4.78 is 0. The highest BCUT2D eigenvalue weighted by Crippen LogP contribution is 2.20. The second-order valence-electron chi connectivity index (χ2n) is 7.43. The van der Waals surface area contributed by atoms with Crippen LogP contribution in [0.25, 0.3) is 11.1 Å². The average Bonchev–Trinajstić information content (AvgIpc) is 2.70. The highest BCUT2D eigenvalue weighted by atomic mass is 16.1. The van der Waals surface area contributed by atoms with Gasteiger partial charge in [0, 0.05) is 6.54 Å². The van der Waals surface area contributed by atoms with Crippen molar-refractivity contribution in [1.82, 2.24) is 10.2 Å². The Morgan fingerprint density at radius 2 is 1.46 bits per heavy atom. The molecule has 3 heteroatoms. The van der Waals surface area contributed by atoms with E-state index in [0.717, 1.165) is 11.1 Å². The van der Waals surface area contributed by atoms with E-state index in [4.69, 9.17) is 0 Å². The predicted octanol–water partition coefficient (Wildman–Crippen LogP) is 4.62. The lowest BCUT2D eigenvalue weighted by atomic mass is 10.0. The molecule has 3 nitrogen and oxygen atoms in total. The molecule has 1 N–H and O–H groups in total. The summed E-state index contributed by atoms with van der Waals surface area (Å²) >= 11 is 0. The molecule has 0 heterocycles. The quantitative estimate of drug-likeness (QED) is 0.656. The minimum absolute atomic E-state index is 0.0476. The second kappa shape index (κ2) is 9.34. The number of likely N-dealkylation sites (N-methyl/N-ethyl adjacent to an activating group) is 1. The fourth-order valence-corrected chi connectivity index (χ4v) is 3.29. The Bertz CT molecular complexity index is 884. The minimum Gasteiger partial charge on any atom is -0.354 e. The third-order valence-electron chi connectivity index (χ3n) is 5.00. The summed E-state index contributed by atoms with van der Waals surface area (Å²) in [4.78, 5) is 14.6. The molecule has 144 valence electrons. The van der Waals surface area contributed by atoms with Gasteiger partial charge in [0.05, 0.1) is 12.5 Å². The van der Waals surface area contributed by atoms with Crippen molar-refractivity contribution in [2.24, 2.45) is 0 Å². The first-order valence-electron chi connectivity index (χ1n) is 9.67. The van der Waals surface area contributed by atoms with Gasteiger partial charge in [-0.3, -0.25) is 4.79 Å². The molecule has 0 spiro atoms. The molecule has 0 bridgehead atoms. The van der Waals surface area contributed by atoms with Gasteiger partial charge in [0.1, 0.15) is 0 Å². The molecule has 3 aromatic rings. The van der Waals surface area contributed by atoms with Crippen LogP contribution >= 0.6 is 0 Å². The van der Waals surface area contributed by atoms with Gasteiger partial charge in [0.25, 0.3) is 0 Å². The number of rotatable bonds is 7. The molecule has 28 heavy (non-hydrogen) atoms. The zero-order valence-corrected chi connectivity index (χ0v) is 16.9. The van der Waals surface area contributed by atoms with E-state index in [2.05, 4.69) is 65.7 Å². The Kier molecular flexibility index (Phi) is 6.62. The van der Waals surface area contributed by atoms with Crippen molar-refractivity contribution < 1.29 is 4.79 Å². The van der Waals surface area contributed by atoms with Crippen LogP contribution in [-0.4, -0.2) is 31.4 Å². The maximum absolute atomic E-state index is 12.5. The number of nitrogens with one attached hydrogen (secondary N) is 1. The summed E-state index contributed by atoms with van der Waals surface area (Å²) in [7, 11) is 4.08. The van der Waals surface area contributed by atoms with Crippen molar-refractivity contribution in [3.63, 3.8) is 0 Å². The number of carbonyl (C=O) groups excluding carboxylic acids is 1. The highest BCUT2D eigenvalue weighted by molar-refractivity contribution is 5.79. The van der Waals surface area contributed by atoms with Crippen LogP contribution in [0, 0.1) is 6.92 Å². The Morgan fingerprint density at radius 3 is 2.07 bits per heavy atom. The van der Waals surface area contributed by atoms with Crippen molar-refractivity contribution in [3.05, 3.63) is 95.6 Å². The Balaban J connectivity index is 1.58. The normalized spacial score (nSPS) is 12.0. The first kappa shape index (κ1) is 19.8. The SMILES string of the molecule is Cc1ccc([C@H](CNC(=O)Cc2ccc(-c3ccccc3)cc2)N(C)C)cc1. The molecule has 0 saturated heterocycles. The lowest BCUT2D eigenvalue weighted by molar-refractivity contribution is -0.120. The Morgan fingerprint density at radius 1 is 0.857 bits per heavy atom. The van der Waals surface area contributed by atoms with E-state index in [1.165, 1.54) is 16.7 Å². The molecule has 3 rings (SSSR count). The van der Waals surface area contributed by atoms with Crippen molar-refractivity contribution >= 4 is 5.91 Å². The highest BCUT2D eigenvalue weighted by Gasteiger charge is 2.15. The summed E-state index contributed by atoms with van der Waals surface area (Å²) in [5.74, 6) is 0.0476. The second-order valence-corrected chi connectivity index (χ2v) is 7.43. The third kappa shape index (κ3) is 5.30. The van der Waals surface area contributed by atoms with Gasteiger partial charge >= 0.3 is 0 Å². The summed E-state index contributed by atoms with van der Waals surface area (Å²) in [6.45, 7) is 2.68. The van der Waals surface area contributed by atoms with E-state index in [1.807, 2.05) is 44.4 Å². The van der Waals surface area contributed by atoms with E-state index >= 15 is 0 Å². The van der Waals surface area contributed by atoms with Gasteiger partial charge in [-0.1, -0.05) is 84.4 Å². The van der Waals surface area contributed by atoms with Gasteiger partial charge in [0.2, 0.25) is 5.91 Å². The van der Waals surface area contributed by atoms with E-state index in [1.54, 1.807) is 0 Å². The lowest BCUT2D eigenvalue weighted by Gasteiger charge is -2.25. The average molecular weight is 373 g/mol. The van der Waals surface area contributed by atoms with Gasteiger partial charge in [0.15, 0.2) is 0 Å². The minimum atomic E-state index is 0.0476. The van der Waals surface area contributed by atoms with Crippen LogP contribution in [0.1, 0.15) is 22.7 Å². The van der Waals surface area contributed by atoms with E-state index < -0.39 is 0 Å². The smallest absolute Gasteiger partial charge is 0.224 e. The van der Waals surface area contributed by atoms with Crippen LogP contribution in [-0.2, 0) is 11.2 Å². The van der Waals surface area contributed by atoms with Crippen LogP contribution in [0.3, 0.4) is 0 Å². The zero-order valence-electron chi connectivity index (χ0n) is 16.9. The molecular formula is C25H28N2O. The fraction of sp³-hybridized carbons (Fsp3) is 0.240. The first-order valence-corrected chi connectivity index (χ1v) is 9.67. The first-order chi connectivity index (χ1) is 13.5. The molecule has 3 aromatic carbocycles. The molecule has 1 atom stereocenters. The third-order valence-corrected chi connectivity index (χ3v) is 5.00. The number of hydrogen-bond donors (Lipinski definition) is 1. The molecule has 1 amide bonds. The largest absolute Gasteiger partial charge is 0.354 e. The predicted molar refractivity (Wildman–Crippen MR) is 116 cm³/mol. The van der Waals surface area contributed by atoms with Crippen molar-refractivity contribution in [2.45, 2.75) is 19.4 Å². The van der Waals surface area contributed by atoms with Crippen LogP contribution in [0.5, 0.6) is 0 Å². The fourth-order valence-electron chi connectivity index (χ4n) is 3.29. The van der Waals surface area contributed by atoms with Gasteiger partial charge < -0.3 is 10.2 Å². The number of amides is 1. The number of hydrogen-bond acceptors (Lipinski definition) is 2. The summed E-state index contributed by atoms with van der Waals surface area (Å²) in [6.07, 6.45) is 0.392. The number of nitrogens with zero attached hydrogens (tertiary/aromatic N) is 1.